The number of hydrogen-bond donors (Lipinski definition) is 0. The van der Waals surface area contributed by atoms with Crippen LogP contribution in [0.5, 0.6) is 5.75 Å². The van der Waals surface area contributed by atoms with Crippen molar-refractivity contribution in [2.45, 2.75) is 45.2 Å². The van der Waals surface area contributed by atoms with Gasteiger partial charge in [-0.05, 0) is 43.0 Å². The number of nitrogens with zero attached hydrogens (tertiary/aromatic N) is 1. The molecular formula is C23H27Cl2NO2. The highest BCUT2D eigenvalue weighted by molar-refractivity contribution is 6.42. The lowest BCUT2D eigenvalue weighted by atomic mass is 9.87. The number of likely N-dealkylation sites (tertiary alicyclic amines) is 1. The number of aldehydes is 1. The van der Waals surface area contributed by atoms with Crippen molar-refractivity contribution in [1.82, 2.24) is 4.90 Å². The molecule has 150 valence electrons. The van der Waals surface area contributed by atoms with E-state index in [9.17, 15) is 4.79 Å². The molecule has 0 amide bonds. The number of rotatable bonds is 7. The van der Waals surface area contributed by atoms with Gasteiger partial charge in [-0.1, -0.05) is 60.8 Å². The van der Waals surface area contributed by atoms with Gasteiger partial charge in [0.25, 0.3) is 0 Å². The topological polar surface area (TPSA) is 29.5 Å². The largest absolute Gasteiger partial charge is 0.496 e. The maximum Gasteiger partial charge on any atom is 0.124 e. The maximum absolute atomic E-state index is 11.5. The number of aryl methyl sites for hydroxylation is 1. The van der Waals surface area contributed by atoms with Gasteiger partial charge in [0.2, 0.25) is 0 Å². The summed E-state index contributed by atoms with van der Waals surface area (Å²) in [4.78, 5) is 13.9. The Morgan fingerprint density at radius 3 is 2.71 bits per heavy atom. The number of carbonyl (C=O) groups excluding carboxylic acids is 1. The summed E-state index contributed by atoms with van der Waals surface area (Å²) in [5, 5.41) is 1.02. The third kappa shape index (κ3) is 4.89. The minimum atomic E-state index is 0.104. The minimum absolute atomic E-state index is 0.104. The molecule has 1 aliphatic rings. The van der Waals surface area contributed by atoms with E-state index in [1.54, 1.807) is 13.2 Å². The van der Waals surface area contributed by atoms with Crippen molar-refractivity contribution in [2.75, 3.05) is 13.7 Å². The Morgan fingerprint density at radius 1 is 1.21 bits per heavy atom. The molecule has 1 heterocycles. The second kappa shape index (κ2) is 9.78. The summed E-state index contributed by atoms with van der Waals surface area (Å²) in [6.45, 7) is 3.75. The van der Waals surface area contributed by atoms with Gasteiger partial charge >= 0.3 is 0 Å². The Labute approximate surface area is 177 Å². The van der Waals surface area contributed by atoms with E-state index >= 15 is 0 Å². The van der Waals surface area contributed by atoms with E-state index in [-0.39, 0.29) is 12.0 Å². The number of ether oxygens (including phenoxy) is 1. The van der Waals surface area contributed by atoms with E-state index in [2.05, 4.69) is 36.1 Å². The normalized spacial score (nSPS) is 20.1. The summed E-state index contributed by atoms with van der Waals surface area (Å²) in [6, 6.07) is 12.6. The van der Waals surface area contributed by atoms with Gasteiger partial charge in [-0.2, -0.15) is 0 Å². The Morgan fingerprint density at radius 2 is 2.00 bits per heavy atom. The molecule has 0 spiro atoms. The van der Waals surface area contributed by atoms with Gasteiger partial charge in [-0.25, -0.2) is 0 Å². The number of hydrogen-bond acceptors (Lipinski definition) is 3. The zero-order valence-corrected chi connectivity index (χ0v) is 18.0. The molecule has 3 nitrogen and oxygen atoms in total. The highest BCUT2D eigenvalue weighted by Gasteiger charge is 2.30. The molecule has 2 aromatic carbocycles. The Hall–Kier alpha value is -1.55. The van der Waals surface area contributed by atoms with Gasteiger partial charge in [0.15, 0.2) is 0 Å². The highest BCUT2D eigenvalue weighted by atomic mass is 35.5. The van der Waals surface area contributed by atoms with E-state index in [1.165, 1.54) is 11.1 Å². The van der Waals surface area contributed by atoms with E-state index in [0.29, 0.717) is 16.6 Å². The molecule has 0 aromatic heterocycles. The summed E-state index contributed by atoms with van der Waals surface area (Å²) >= 11 is 12.4. The first-order chi connectivity index (χ1) is 13.5. The van der Waals surface area contributed by atoms with Crippen molar-refractivity contribution in [3.05, 3.63) is 63.1 Å². The quantitative estimate of drug-likeness (QED) is 0.507. The number of methoxy groups -OCH3 is 1. The van der Waals surface area contributed by atoms with Gasteiger partial charge in [0.05, 0.1) is 17.2 Å². The fraction of sp³-hybridized carbons (Fsp3) is 0.435. The molecule has 3 rings (SSSR count). The predicted octanol–water partition coefficient (Wildman–Crippen LogP) is 6.11. The van der Waals surface area contributed by atoms with Crippen LogP contribution >= 0.6 is 23.2 Å². The molecule has 1 saturated heterocycles. The van der Waals surface area contributed by atoms with E-state index in [1.807, 2.05) is 6.07 Å². The lowest BCUT2D eigenvalue weighted by Gasteiger charge is -2.38. The van der Waals surface area contributed by atoms with Crippen molar-refractivity contribution in [3.8, 4) is 5.75 Å². The molecular weight excluding hydrogens is 393 g/mol. The van der Waals surface area contributed by atoms with Crippen LogP contribution in [-0.2, 0) is 17.8 Å². The van der Waals surface area contributed by atoms with Crippen LogP contribution in [0, 0.1) is 5.92 Å². The molecule has 0 N–H and O–H groups in total. The van der Waals surface area contributed by atoms with Crippen LogP contribution in [0.4, 0.5) is 0 Å². The van der Waals surface area contributed by atoms with Gasteiger partial charge in [-0.15, -0.1) is 0 Å². The SMILES string of the molecule is CCCc1cccc(C2CC(C=O)CCN2Cc2cc(Cl)c(Cl)cc2OC)c1. The molecule has 2 atom stereocenters. The molecule has 2 unspecified atom stereocenters. The first-order valence-electron chi connectivity index (χ1n) is 9.85. The van der Waals surface area contributed by atoms with E-state index in [4.69, 9.17) is 27.9 Å². The van der Waals surface area contributed by atoms with Crippen molar-refractivity contribution in [2.24, 2.45) is 5.92 Å². The fourth-order valence-electron chi connectivity index (χ4n) is 4.05. The van der Waals surface area contributed by atoms with Crippen LogP contribution in [0.3, 0.4) is 0 Å². The molecule has 2 aromatic rings. The lowest BCUT2D eigenvalue weighted by molar-refractivity contribution is -0.113. The Balaban J connectivity index is 1.91. The minimum Gasteiger partial charge on any atom is -0.496 e. The Kier molecular flexibility index (Phi) is 7.39. The summed E-state index contributed by atoms with van der Waals surface area (Å²) in [7, 11) is 1.65. The first kappa shape index (κ1) is 21.2. The van der Waals surface area contributed by atoms with Crippen LogP contribution in [0.1, 0.15) is 48.9 Å². The Bertz CT molecular complexity index is 824. The standard InChI is InChI=1S/C23H27Cl2NO2/c1-3-5-16-6-4-7-18(10-16)22-11-17(15-27)8-9-26(22)14-19-12-20(24)21(25)13-23(19)28-2/h4,6-7,10,12-13,15,17,22H,3,5,8-9,11,14H2,1-2H3. The third-order valence-electron chi connectivity index (χ3n) is 5.52. The van der Waals surface area contributed by atoms with E-state index in [0.717, 1.165) is 49.8 Å². The maximum atomic E-state index is 11.5. The van der Waals surface area contributed by atoms with Crippen LogP contribution in [0.15, 0.2) is 36.4 Å². The van der Waals surface area contributed by atoms with Gasteiger partial charge in [0.1, 0.15) is 12.0 Å². The number of halogens is 2. The van der Waals surface area contributed by atoms with Gasteiger partial charge in [0, 0.05) is 30.1 Å². The van der Waals surface area contributed by atoms with Crippen molar-refractivity contribution in [3.63, 3.8) is 0 Å². The third-order valence-corrected chi connectivity index (χ3v) is 6.24. The molecule has 5 heteroatoms. The smallest absolute Gasteiger partial charge is 0.124 e. The summed E-state index contributed by atoms with van der Waals surface area (Å²) in [5.74, 6) is 0.845. The average molecular weight is 420 g/mol. The van der Waals surface area contributed by atoms with Crippen molar-refractivity contribution in [1.29, 1.82) is 0 Å². The van der Waals surface area contributed by atoms with Gasteiger partial charge < -0.3 is 9.53 Å². The van der Waals surface area contributed by atoms with Crippen molar-refractivity contribution >= 4 is 29.5 Å². The molecule has 1 fully saturated rings. The summed E-state index contributed by atoms with van der Waals surface area (Å²) in [5.41, 5.74) is 3.63. The molecule has 0 saturated carbocycles. The second-order valence-corrected chi connectivity index (χ2v) is 8.29. The molecule has 1 aliphatic heterocycles. The molecule has 28 heavy (non-hydrogen) atoms. The monoisotopic (exact) mass is 419 g/mol. The summed E-state index contributed by atoms with van der Waals surface area (Å²) < 4.78 is 5.53. The zero-order valence-electron chi connectivity index (χ0n) is 16.5. The lowest BCUT2D eigenvalue weighted by Crippen LogP contribution is -2.37. The van der Waals surface area contributed by atoms with Gasteiger partial charge in [-0.3, -0.25) is 4.90 Å². The number of piperidine rings is 1. The zero-order chi connectivity index (χ0) is 20.1. The van der Waals surface area contributed by atoms with Crippen LogP contribution < -0.4 is 4.74 Å². The first-order valence-corrected chi connectivity index (χ1v) is 10.6. The average Bonchev–Trinajstić information content (AvgIpc) is 2.71. The predicted molar refractivity (Wildman–Crippen MR) is 115 cm³/mol. The van der Waals surface area contributed by atoms with Crippen LogP contribution in [-0.4, -0.2) is 24.8 Å². The van der Waals surface area contributed by atoms with E-state index < -0.39 is 0 Å². The number of benzene rings is 2. The van der Waals surface area contributed by atoms with Crippen LogP contribution in [0.2, 0.25) is 10.0 Å². The highest BCUT2D eigenvalue weighted by Crippen LogP contribution is 2.38. The molecule has 0 radical (unpaired) electrons. The number of carbonyl (C=O) groups is 1. The fourth-order valence-corrected chi connectivity index (χ4v) is 4.39. The van der Waals surface area contributed by atoms with Crippen LogP contribution in [0.25, 0.3) is 0 Å². The second-order valence-electron chi connectivity index (χ2n) is 7.48. The summed E-state index contributed by atoms with van der Waals surface area (Å²) in [6.07, 6.45) is 5.01. The molecule has 0 aliphatic carbocycles. The van der Waals surface area contributed by atoms with Crippen molar-refractivity contribution < 1.29 is 9.53 Å². The molecule has 0 bridgehead atoms.